The van der Waals surface area contributed by atoms with Crippen molar-refractivity contribution in [1.82, 2.24) is 4.90 Å². The van der Waals surface area contributed by atoms with E-state index in [1.54, 1.807) is 6.07 Å². The van der Waals surface area contributed by atoms with E-state index in [1.165, 1.54) is 12.1 Å². The Kier molecular flexibility index (Phi) is 3.80. The summed E-state index contributed by atoms with van der Waals surface area (Å²) in [7, 11) is 0. The van der Waals surface area contributed by atoms with Gasteiger partial charge in [-0.1, -0.05) is 6.92 Å². The maximum Gasteiger partial charge on any atom is 0.586 e. The van der Waals surface area contributed by atoms with Gasteiger partial charge in [-0.15, -0.1) is 8.78 Å². The van der Waals surface area contributed by atoms with E-state index in [1.807, 2.05) is 4.90 Å². The third-order valence-corrected chi connectivity index (χ3v) is 3.85. The number of alkyl halides is 2. The number of carbonyl (C=O) groups is 1. The maximum absolute atomic E-state index is 12.9. The zero-order valence-corrected chi connectivity index (χ0v) is 12.3. The number of piperidine rings is 1. The summed E-state index contributed by atoms with van der Waals surface area (Å²) >= 11 is 0. The quantitative estimate of drug-likeness (QED) is 0.932. The van der Waals surface area contributed by atoms with Gasteiger partial charge in [-0.25, -0.2) is 0 Å². The first-order valence-corrected chi connectivity index (χ1v) is 7.34. The lowest BCUT2D eigenvalue weighted by atomic mass is 10.0. The van der Waals surface area contributed by atoms with E-state index < -0.39 is 6.29 Å². The van der Waals surface area contributed by atoms with Gasteiger partial charge in [-0.2, -0.15) is 0 Å². The first kappa shape index (κ1) is 14.9. The zero-order chi connectivity index (χ0) is 15.7. The molecule has 22 heavy (non-hydrogen) atoms. The van der Waals surface area contributed by atoms with E-state index in [0.29, 0.717) is 11.6 Å². The number of amides is 1. The van der Waals surface area contributed by atoms with E-state index in [4.69, 9.17) is 0 Å². The summed E-state index contributed by atoms with van der Waals surface area (Å²) in [6.45, 7) is 3.81. The molecule has 5 nitrogen and oxygen atoms in total. The predicted molar refractivity (Wildman–Crippen MR) is 76.1 cm³/mol. The lowest BCUT2D eigenvalue weighted by molar-refractivity contribution is -0.286. The molecular weight excluding hydrogens is 294 g/mol. The number of halogens is 2. The molecule has 0 bridgehead atoms. The smallest absolute Gasteiger partial charge is 0.395 e. The Balaban J connectivity index is 1.57. The fraction of sp³-hybridized carbons (Fsp3) is 0.533. The maximum atomic E-state index is 12.9. The molecule has 2 aliphatic rings. The molecule has 120 valence electrons. The third kappa shape index (κ3) is 3.23. The Bertz CT molecular complexity index is 580. The Morgan fingerprint density at radius 2 is 2.18 bits per heavy atom. The second-order valence-corrected chi connectivity index (χ2v) is 5.77. The van der Waals surface area contributed by atoms with Gasteiger partial charge in [0.25, 0.3) is 0 Å². The number of fused-ring (bicyclic) bond motifs is 1. The highest BCUT2D eigenvalue weighted by atomic mass is 19.3. The lowest BCUT2D eigenvalue weighted by Crippen LogP contribution is -2.41. The van der Waals surface area contributed by atoms with Crippen LogP contribution in [-0.2, 0) is 4.79 Å². The molecule has 1 aromatic rings. The Morgan fingerprint density at radius 1 is 1.41 bits per heavy atom. The molecule has 0 radical (unpaired) electrons. The molecule has 2 heterocycles. The molecule has 0 unspecified atom stereocenters. The van der Waals surface area contributed by atoms with Crippen LogP contribution in [0.5, 0.6) is 11.5 Å². The fourth-order valence-corrected chi connectivity index (χ4v) is 2.76. The van der Waals surface area contributed by atoms with Crippen molar-refractivity contribution in [1.29, 1.82) is 0 Å². The number of anilines is 1. The SMILES string of the molecule is C[C@@H]1CCCN(C(=O)CNc2ccc3c(c2)OC(F)(F)O3)C1. The third-order valence-electron chi connectivity index (χ3n) is 3.85. The van der Waals surface area contributed by atoms with Crippen LogP contribution in [-0.4, -0.2) is 36.7 Å². The minimum atomic E-state index is -3.62. The summed E-state index contributed by atoms with van der Waals surface area (Å²) in [6.07, 6.45) is -1.46. The first-order valence-electron chi connectivity index (χ1n) is 7.34. The Labute approximate surface area is 127 Å². The van der Waals surface area contributed by atoms with E-state index >= 15 is 0 Å². The zero-order valence-electron chi connectivity index (χ0n) is 12.3. The second-order valence-electron chi connectivity index (χ2n) is 5.77. The molecule has 7 heteroatoms. The van der Waals surface area contributed by atoms with Gasteiger partial charge in [0.1, 0.15) is 0 Å². The summed E-state index contributed by atoms with van der Waals surface area (Å²) < 4.78 is 34.6. The summed E-state index contributed by atoms with van der Waals surface area (Å²) in [5.74, 6) is 0.487. The number of hydrogen-bond donors (Lipinski definition) is 1. The first-order chi connectivity index (χ1) is 10.4. The molecule has 2 aliphatic heterocycles. The molecule has 3 rings (SSSR count). The van der Waals surface area contributed by atoms with Crippen LogP contribution in [0.15, 0.2) is 18.2 Å². The van der Waals surface area contributed by atoms with Crippen LogP contribution in [0.3, 0.4) is 0 Å². The second kappa shape index (κ2) is 5.62. The van der Waals surface area contributed by atoms with Crippen molar-refractivity contribution in [2.24, 2.45) is 5.92 Å². The number of carbonyl (C=O) groups excluding carboxylic acids is 1. The molecule has 0 spiro atoms. The van der Waals surface area contributed by atoms with Crippen molar-refractivity contribution in [2.75, 3.05) is 25.0 Å². The molecule has 0 aromatic heterocycles. The molecule has 1 saturated heterocycles. The number of likely N-dealkylation sites (tertiary alicyclic amines) is 1. The van der Waals surface area contributed by atoms with Crippen LogP contribution in [0, 0.1) is 5.92 Å². The largest absolute Gasteiger partial charge is 0.586 e. The topological polar surface area (TPSA) is 50.8 Å². The standard InChI is InChI=1S/C15H18F2N2O3/c1-10-3-2-6-19(9-10)14(20)8-18-11-4-5-12-13(7-11)22-15(16,17)21-12/h4-5,7,10,18H,2-3,6,8-9H2,1H3/t10-/m1/s1. The number of ether oxygens (including phenoxy) is 2. The molecule has 1 amide bonds. The van der Waals surface area contributed by atoms with Gasteiger partial charge < -0.3 is 19.7 Å². The van der Waals surface area contributed by atoms with Gasteiger partial charge >= 0.3 is 6.29 Å². The van der Waals surface area contributed by atoms with Crippen LogP contribution in [0.2, 0.25) is 0 Å². The normalized spacial score (nSPS) is 22.5. The van der Waals surface area contributed by atoms with Crippen LogP contribution >= 0.6 is 0 Å². The number of rotatable bonds is 3. The monoisotopic (exact) mass is 312 g/mol. The Morgan fingerprint density at radius 3 is 2.95 bits per heavy atom. The molecule has 1 atom stereocenters. The van der Waals surface area contributed by atoms with Gasteiger partial charge in [0.15, 0.2) is 11.5 Å². The van der Waals surface area contributed by atoms with E-state index in [-0.39, 0.29) is 24.0 Å². The van der Waals surface area contributed by atoms with E-state index in [0.717, 1.165) is 25.9 Å². The highest BCUT2D eigenvalue weighted by molar-refractivity contribution is 5.81. The van der Waals surface area contributed by atoms with E-state index in [2.05, 4.69) is 21.7 Å². The molecule has 1 fully saturated rings. The van der Waals surface area contributed by atoms with Crippen molar-refractivity contribution >= 4 is 11.6 Å². The summed E-state index contributed by atoms with van der Waals surface area (Å²) in [5, 5.41) is 2.94. The minimum absolute atomic E-state index is 0.00766. The van der Waals surface area contributed by atoms with Gasteiger partial charge in [0, 0.05) is 24.8 Å². The number of nitrogens with one attached hydrogen (secondary N) is 1. The van der Waals surface area contributed by atoms with Crippen molar-refractivity contribution in [3.05, 3.63) is 18.2 Å². The highest BCUT2D eigenvalue weighted by Gasteiger charge is 2.43. The van der Waals surface area contributed by atoms with Crippen LogP contribution in [0.4, 0.5) is 14.5 Å². The fourth-order valence-electron chi connectivity index (χ4n) is 2.76. The minimum Gasteiger partial charge on any atom is -0.395 e. The van der Waals surface area contributed by atoms with Crippen LogP contribution < -0.4 is 14.8 Å². The van der Waals surface area contributed by atoms with Crippen molar-refractivity contribution in [3.63, 3.8) is 0 Å². The van der Waals surface area contributed by atoms with E-state index in [9.17, 15) is 13.6 Å². The number of benzene rings is 1. The molecule has 1 aromatic carbocycles. The van der Waals surface area contributed by atoms with Gasteiger partial charge in [-0.3, -0.25) is 4.79 Å². The summed E-state index contributed by atoms with van der Waals surface area (Å²) in [5.41, 5.74) is 0.540. The summed E-state index contributed by atoms with van der Waals surface area (Å²) in [4.78, 5) is 14.0. The number of hydrogen-bond acceptors (Lipinski definition) is 4. The van der Waals surface area contributed by atoms with Gasteiger partial charge in [0.2, 0.25) is 5.91 Å². The average Bonchev–Trinajstić information content (AvgIpc) is 2.77. The van der Waals surface area contributed by atoms with Crippen molar-refractivity contribution in [3.8, 4) is 11.5 Å². The summed E-state index contributed by atoms with van der Waals surface area (Å²) in [6, 6.07) is 4.38. The number of nitrogens with zero attached hydrogens (tertiary/aromatic N) is 1. The van der Waals surface area contributed by atoms with Crippen LogP contribution in [0.1, 0.15) is 19.8 Å². The Hall–Kier alpha value is -2.05. The molecule has 0 saturated carbocycles. The lowest BCUT2D eigenvalue weighted by Gasteiger charge is -2.31. The van der Waals surface area contributed by atoms with Crippen molar-refractivity contribution in [2.45, 2.75) is 26.1 Å². The van der Waals surface area contributed by atoms with Gasteiger partial charge in [-0.05, 0) is 30.9 Å². The molecular formula is C15H18F2N2O3. The average molecular weight is 312 g/mol. The van der Waals surface area contributed by atoms with Crippen molar-refractivity contribution < 1.29 is 23.0 Å². The highest BCUT2D eigenvalue weighted by Crippen LogP contribution is 2.42. The molecule has 0 aliphatic carbocycles. The van der Waals surface area contributed by atoms with Gasteiger partial charge in [0.05, 0.1) is 6.54 Å². The van der Waals surface area contributed by atoms with Crippen LogP contribution in [0.25, 0.3) is 0 Å². The molecule has 1 N–H and O–H groups in total. The predicted octanol–water partition coefficient (Wildman–Crippen LogP) is 2.68.